The van der Waals surface area contributed by atoms with Gasteiger partial charge in [-0.25, -0.2) is 0 Å². The van der Waals surface area contributed by atoms with E-state index in [-0.39, 0.29) is 6.54 Å². The van der Waals surface area contributed by atoms with Gasteiger partial charge < -0.3 is 14.8 Å². The Morgan fingerprint density at radius 3 is 2.66 bits per heavy atom. The summed E-state index contributed by atoms with van der Waals surface area (Å²) in [4.78, 5) is 4.43. The van der Waals surface area contributed by atoms with Crippen molar-refractivity contribution in [3.63, 3.8) is 0 Å². The number of pyridine rings is 1. The lowest BCUT2D eigenvalue weighted by atomic mass is 10.0. The van der Waals surface area contributed by atoms with Gasteiger partial charge in [-0.1, -0.05) is 57.5 Å². The smallest absolute Gasteiger partial charge is 0.180 e. The van der Waals surface area contributed by atoms with Crippen LogP contribution in [0.15, 0.2) is 75.9 Å². The molecule has 1 aliphatic rings. The largest absolute Gasteiger partial charge is 0.355 e. The van der Waals surface area contributed by atoms with Crippen LogP contribution in [0.25, 0.3) is 45.4 Å². The molecule has 0 amide bonds. The van der Waals surface area contributed by atoms with Crippen LogP contribution in [0.5, 0.6) is 0 Å². The van der Waals surface area contributed by atoms with E-state index < -0.39 is 0 Å². The van der Waals surface area contributed by atoms with E-state index in [0.717, 1.165) is 38.2 Å². The molecule has 8 heteroatoms. The second-order valence-corrected chi connectivity index (χ2v) is 8.45. The number of nitrogens with zero attached hydrogens (tertiary/aromatic N) is 5. The van der Waals surface area contributed by atoms with Crippen molar-refractivity contribution in [2.45, 2.75) is 13.1 Å². The van der Waals surface area contributed by atoms with Gasteiger partial charge in [0.1, 0.15) is 5.69 Å². The molecule has 7 nitrogen and oxygen atoms in total. The van der Waals surface area contributed by atoms with Crippen molar-refractivity contribution >= 4 is 15.9 Å². The van der Waals surface area contributed by atoms with E-state index in [4.69, 9.17) is 10.3 Å². The summed E-state index contributed by atoms with van der Waals surface area (Å²) < 4.78 is 9.04. The highest BCUT2D eigenvalue weighted by molar-refractivity contribution is 9.10. The van der Waals surface area contributed by atoms with E-state index in [0.29, 0.717) is 23.8 Å². The van der Waals surface area contributed by atoms with Gasteiger partial charge in [0.15, 0.2) is 17.4 Å². The standard InChI is InChI=1S/C24H17BrN6O/c25-16-9-8-15-13-31-23(18(15)11-16)28-29-24(31)20-21(14-5-2-1-3-6-14)30-32-22(20)17-7-4-10-27-19(17)12-26/h1-11H,12-13,26H2. The van der Waals surface area contributed by atoms with Gasteiger partial charge in [-0.3, -0.25) is 4.98 Å². The summed E-state index contributed by atoms with van der Waals surface area (Å²) in [5.74, 6) is 2.12. The fourth-order valence-electron chi connectivity index (χ4n) is 4.18. The van der Waals surface area contributed by atoms with Gasteiger partial charge in [-0.2, -0.15) is 0 Å². The first kappa shape index (κ1) is 19.1. The first-order chi connectivity index (χ1) is 15.7. The lowest BCUT2D eigenvalue weighted by molar-refractivity contribution is 0.434. The maximum absolute atomic E-state index is 5.97. The van der Waals surface area contributed by atoms with E-state index in [1.807, 2.05) is 48.5 Å². The van der Waals surface area contributed by atoms with Gasteiger partial charge in [0.2, 0.25) is 0 Å². The quantitative estimate of drug-likeness (QED) is 0.381. The second-order valence-electron chi connectivity index (χ2n) is 7.54. The third-order valence-corrected chi connectivity index (χ3v) is 6.18. The molecule has 2 aromatic carbocycles. The zero-order chi connectivity index (χ0) is 21.7. The van der Waals surface area contributed by atoms with Crippen LogP contribution in [0.2, 0.25) is 0 Å². The lowest BCUT2D eigenvalue weighted by Crippen LogP contribution is -2.03. The van der Waals surface area contributed by atoms with E-state index in [2.05, 4.69) is 53.0 Å². The zero-order valence-electron chi connectivity index (χ0n) is 16.9. The average Bonchev–Trinajstić information content (AvgIpc) is 3.53. The van der Waals surface area contributed by atoms with Crippen molar-refractivity contribution in [1.29, 1.82) is 0 Å². The Labute approximate surface area is 192 Å². The molecule has 156 valence electrons. The predicted octanol–water partition coefficient (Wildman–Crippen LogP) is 4.91. The predicted molar refractivity (Wildman–Crippen MR) is 124 cm³/mol. The van der Waals surface area contributed by atoms with Crippen molar-refractivity contribution in [3.05, 3.63) is 82.6 Å². The van der Waals surface area contributed by atoms with Crippen molar-refractivity contribution in [2.75, 3.05) is 0 Å². The zero-order valence-corrected chi connectivity index (χ0v) is 18.5. The summed E-state index contributed by atoms with van der Waals surface area (Å²) >= 11 is 3.56. The first-order valence-corrected chi connectivity index (χ1v) is 11.0. The molecule has 6 rings (SSSR count). The summed E-state index contributed by atoms with van der Waals surface area (Å²) in [5, 5.41) is 13.6. The Balaban J connectivity index is 1.61. The van der Waals surface area contributed by atoms with Crippen LogP contribution in [-0.4, -0.2) is 24.9 Å². The summed E-state index contributed by atoms with van der Waals surface area (Å²) in [6.07, 6.45) is 1.73. The number of hydrogen-bond donors (Lipinski definition) is 1. The first-order valence-electron chi connectivity index (χ1n) is 10.2. The molecule has 0 bridgehead atoms. The molecular weight excluding hydrogens is 468 g/mol. The minimum atomic E-state index is 0.286. The van der Waals surface area contributed by atoms with E-state index >= 15 is 0 Å². The normalized spacial score (nSPS) is 12.1. The molecule has 0 saturated carbocycles. The van der Waals surface area contributed by atoms with Gasteiger partial charge in [0, 0.05) is 33.9 Å². The van der Waals surface area contributed by atoms with Crippen LogP contribution in [0, 0.1) is 0 Å². The van der Waals surface area contributed by atoms with Crippen molar-refractivity contribution in [3.8, 4) is 45.4 Å². The minimum Gasteiger partial charge on any atom is -0.355 e. The third kappa shape index (κ3) is 2.91. The van der Waals surface area contributed by atoms with E-state index in [1.165, 1.54) is 5.56 Å². The number of fused-ring (bicyclic) bond motifs is 3. The number of halogens is 1. The van der Waals surface area contributed by atoms with Gasteiger partial charge in [-0.15, -0.1) is 10.2 Å². The van der Waals surface area contributed by atoms with Crippen LogP contribution in [0.1, 0.15) is 11.3 Å². The molecule has 0 fully saturated rings. The maximum atomic E-state index is 5.97. The lowest BCUT2D eigenvalue weighted by Gasteiger charge is -2.08. The van der Waals surface area contributed by atoms with E-state index in [9.17, 15) is 0 Å². The highest BCUT2D eigenvalue weighted by Crippen LogP contribution is 2.43. The number of rotatable bonds is 4. The Morgan fingerprint density at radius 2 is 1.81 bits per heavy atom. The Hall–Kier alpha value is -3.62. The average molecular weight is 485 g/mol. The SMILES string of the molecule is NCc1ncccc1-c1onc(-c2ccccc2)c1-c1nnc2n1Cc1ccc(Br)cc1-2. The van der Waals surface area contributed by atoms with Crippen LogP contribution in [0.3, 0.4) is 0 Å². The Bertz CT molecular complexity index is 1460. The summed E-state index contributed by atoms with van der Waals surface area (Å²) in [5.41, 5.74) is 12.2. The minimum absolute atomic E-state index is 0.286. The summed E-state index contributed by atoms with van der Waals surface area (Å²) in [7, 11) is 0. The molecule has 4 heterocycles. The molecular formula is C24H17BrN6O. The van der Waals surface area contributed by atoms with Gasteiger partial charge in [0.05, 0.1) is 17.8 Å². The van der Waals surface area contributed by atoms with Crippen molar-refractivity contribution in [1.82, 2.24) is 24.9 Å². The van der Waals surface area contributed by atoms with Crippen molar-refractivity contribution < 1.29 is 4.52 Å². The van der Waals surface area contributed by atoms with Gasteiger partial charge in [0.25, 0.3) is 0 Å². The maximum Gasteiger partial charge on any atom is 0.180 e. The molecule has 5 aromatic rings. The fraction of sp³-hybridized carbons (Fsp3) is 0.0833. The molecule has 0 aliphatic carbocycles. The number of nitrogens with two attached hydrogens (primary N) is 1. The number of benzene rings is 2. The molecule has 0 saturated heterocycles. The summed E-state index contributed by atoms with van der Waals surface area (Å²) in [6, 6.07) is 20.0. The number of aromatic nitrogens is 5. The molecule has 0 unspecified atom stereocenters. The van der Waals surface area contributed by atoms with Crippen LogP contribution >= 0.6 is 15.9 Å². The third-order valence-electron chi connectivity index (χ3n) is 5.68. The highest BCUT2D eigenvalue weighted by Gasteiger charge is 2.31. The highest BCUT2D eigenvalue weighted by atomic mass is 79.9. The molecule has 2 N–H and O–H groups in total. The molecule has 3 aromatic heterocycles. The molecule has 0 spiro atoms. The van der Waals surface area contributed by atoms with Crippen LogP contribution < -0.4 is 5.73 Å². The topological polar surface area (TPSA) is 95.7 Å². The Kier molecular flexibility index (Phi) is 4.48. The van der Waals surface area contributed by atoms with Crippen LogP contribution in [0.4, 0.5) is 0 Å². The molecule has 32 heavy (non-hydrogen) atoms. The summed E-state index contributed by atoms with van der Waals surface area (Å²) in [6.45, 7) is 0.963. The molecule has 0 atom stereocenters. The number of hydrogen-bond acceptors (Lipinski definition) is 6. The van der Waals surface area contributed by atoms with E-state index in [1.54, 1.807) is 6.20 Å². The molecule has 1 aliphatic heterocycles. The molecule has 0 radical (unpaired) electrons. The van der Waals surface area contributed by atoms with Crippen LogP contribution in [-0.2, 0) is 13.1 Å². The second kappa shape index (κ2) is 7.51. The van der Waals surface area contributed by atoms with Gasteiger partial charge >= 0.3 is 0 Å². The fourth-order valence-corrected chi connectivity index (χ4v) is 4.54. The Morgan fingerprint density at radius 1 is 0.969 bits per heavy atom. The monoisotopic (exact) mass is 484 g/mol. The van der Waals surface area contributed by atoms with Crippen molar-refractivity contribution in [2.24, 2.45) is 5.73 Å². The van der Waals surface area contributed by atoms with Gasteiger partial charge in [-0.05, 0) is 29.8 Å².